The van der Waals surface area contributed by atoms with Gasteiger partial charge in [0.25, 0.3) is 0 Å². The van der Waals surface area contributed by atoms with E-state index in [-0.39, 0.29) is 11.8 Å². The average Bonchev–Trinajstić information content (AvgIpc) is 3.91. The van der Waals surface area contributed by atoms with Crippen LogP contribution in [0.5, 0.6) is 11.8 Å². The van der Waals surface area contributed by atoms with E-state index in [0.29, 0.717) is 5.69 Å². The van der Waals surface area contributed by atoms with Crippen LogP contribution in [0.15, 0.2) is 218 Å². The van der Waals surface area contributed by atoms with E-state index in [1.165, 1.54) is 16.7 Å². The normalized spacial score (nSPS) is 11.1. The third kappa shape index (κ3) is 6.78. The second-order valence-corrected chi connectivity index (χ2v) is 14.4. The molecule has 10 aromatic rings. The molecular formula is C52H38N6O2. The van der Waals surface area contributed by atoms with Gasteiger partial charge in [-0.05, 0) is 108 Å². The Bertz CT molecular complexity index is 2760. The summed E-state index contributed by atoms with van der Waals surface area (Å²) in [7, 11) is 0. The van der Waals surface area contributed by atoms with E-state index in [0.717, 1.165) is 73.1 Å². The molecule has 60 heavy (non-hydrogen) atoms. The maximum Gasteiger partial charge on any atom is 0.198 e. The summed E-state index contributed by atoms with van der Waals surface area (Å²) in [6.07, 6.45) is 0. The highest BCUT2D eigenvalue weighted by Gasteiger charge is 2.19. The molecule has 0 radical (unpaired) electrons. The zero-order chi connectivity index (χ0) is 40.4. The summed E-state index contributed by atoms with van der Waals surface area (Å²) in [5.41, 5.74) is 13.1. The smallest absolute Gasteiger partial charge is 0.198 e. The van der Waals surface area contributed by atoms with Crippen molar-refractivity contribution in [2.75, 3.05) is 9.80 Å². The van der Waals surface area contributed by atoms with Crippen molar-refractivity contribution >= 4 is 45.2 Å². The van der Waals surface area contributed by atoms with Crippen LogP contribution in [-0.4, -0.2) is 29.8 Å². The Morgan fingerprint density at radius 1 is 0.317 bits per heavy atom. The lowest BCUT2D eigenvalue weighted by atomic mass is 9.97. The second-order valence-electron chi connectivity index (χ2n) is 14.4. The summed E-state index contributed by atoms with van der Waals surface area (Å²) in [4.78, 5) is 6.14. The van der Waals surface area contributed by atoms with Crippen LogP contribution >= 0.6 is 0 Å². The van der Waals surface area contributed by atoms with E-state index in [9.17, 15) is 10.2 Å². The molecule has 8 aromatic carbocycles. The monoisotopic (exact) mass is 778 g/mol. The van der Waals surface area contributed by atoms with Gasteiger partial charge in [0.05, 0.1) is 11.4 Å². The molecule has 8 nitrogen and oxygen atoms in total. The van der Waals surface area contributed by atoms with Crippen molar-refractivity contribution in [1.82, 2.24) is 19.6 Å². The molecular weight excluding hydrogens is 741 g/mol. The highest BCUT2D eigenvalue weighted by Crippen LogP contribution is 2.40. The number of para-hydroxylation sites is 4. The molecule has 2 N–H and O–H groups in total. The van der Waals surface area contributed by atoms with Crippen LogP contribution in [0, 0.1) is 0 Å². The number of fused-ring (bicyclic) bond motifs is 1. The van der Waals surface area contributed by atoms with Gasteiger partial charge in [-0.15, -0.1) is 10.2 Å². The van der Waals surface area contributed by atoms with Crippen molar-refractivity contribution in [2.45, 2.75) is 0 Å². The van der Waals surface area contributed by atoms with Gasteiger partial charge in [-0.3, -0.25) is 4.57 Å². The molecule has 0 amide bonds. The molecule has 288 valence electrons. The van der Waals surface area contributed by atoms with E-state index in [4.69, 9.17) is 10.2 Å². The fraction of sp³-hybridized carbons (Fsp3) is 0. The largest absolute Gasteiger partial charge is 0.494 e. The quantitative estimate of drug-likeness (QED) is 0.144. The predicted molar refractivity (Wildman–Crippen MR) is 242 cm³/mol. The summed E-state index contributed by atoms with van der Waals surface area (Å²) < 4.78 is 1.37. The zero-order valence-electron chi connectivity index (χ0n) is 32.4. The van der Waals surface area contributed by atoms with Crippen LogP contribution < -0.4 is 9.80 Å². The van der Waals surface area contributed by atoms with Crippen LogP contribution in [0.1, 0.15) is 0 Å². The second kappa shape index (κ2) is 15.5. The molecule has 2 heterocycles. The maximum atomic E-state index is 10.3. The minimum atomic E-state index is -0.0548. The predicted octanol–water partition coefficient (Wildman–Crippen LogP) is 12.9. The number of nitrogens with zero attached hydrogens (tertiary/aromatic N) is 6. The Balaban J connectivity index is 1.07. The lowest BCUT2D eigenvalue weighted by Gasteiger charge is -2.25. The Kier molecular flexibility index (Phi) is 9.32. The maximum absolute atomic E-state index is 10.3. The van der Waals surface area contributed by atoms with Crippen LogP contribution in [0.2, 0.25) is 0 Å². The first kappa shape index (κ1) is 36.0. The van der Waals surface area contributed by atoms with Crippen LogP contribution in [0.3, 0.4) is 0 Å². The van der Waals surface area contributed by atoms with Gasteiger partial charge in [-0.2, -0.15) is 4.80 Å². The number of aromatic hydroxyl groups is 2. The molecule has 0 spiro atoms. The van der Waals surface area contributed by atoms with Crippen molar-refractivity contribution in [2.24, 2.45) is 0 Å². The lowest BCUT2D eigenvalue weighted by Crippen LogP contribution is -2.09. The number of anilines is 6. The van der Waals surface area contributed by atoms with Crippen molar-refractivity contribution in [3.8, 4) is 45.4 Å². The fourth-order valence-corrected chi connectivity index (χ4v) is 7.77. The van der Waals surface area contributed by atoms with E-state index >= 15 is 0 Å². The molecule has 0 aliphatic carbocycles. The van der Waals surface area contributed by atoms with Gasteiger partial charge in [0.1, 0.15) is 11.0 Å². The molecule has 2 aromatic heterocycles. The standard InChI is InChI=1S/C52H38N6O2/c59-49-35-36-50(60)57(49)45-29-31-46(32-30-45)58-53-51-47(37-21-25-43(26-22-37)55(39-13-5-1-6-14-39)40-15-7-2-8-16-40)33-34-48(52(51)54-58)38-23-27-44(28-24-38)56(41-17-9-3-10-18-41)42-19-11-4-12-20-42/h1-36,59-60H. The van der Waals surface area contributed by atoms with Gasteiger partial charge in [0, 0.05) is 57.4 Å². The molecule has 0 fully saturated rings. The molecule has 0 aliphatic rings. The Labute approximate surface area is 347 Å². The highest BCUT2D eigenvalue weighted by atomic mass is 16.3. The molecule has 0 bridgehead atoms. The summed E-state index contributed by atoms with van der Waals surface area (Å²) in [6.45, 7) is 0. The lowest BCUT2D eigenvalue weighted by molar-refractivity contribution is 0.402. The Morgan fingerprint density at radius 2 is 0.633 bits per heavy atom. The Hall–Kier alpha value is -8.36. The number of aromatic nitrogens is 4. The summed E-state index contributed by atoms with van der Waals surface area (Å²) in [6, 6.07) is 73.2. The van der Waals surface area contributed by atoms with E-state index < -0.39 is 0 Å². The van der Waals surface area contributed by atoms with Gasteiger partial charge in [-0.25, -0.2) is 0 Å². The molecule has 8 heteroatoms. The van der Waals surface area contributed by atoms with E-state index in [2.05, 4.69) is 168 Å². The van der Waals surface area contributed by atoms with Crippen molar-refractivity contribution in [3.63, 3.8) is 0 Å². The fourth-order valence-electron chi connectivity index (χ4n) is 7.77. The molecule has 0 saturated heterocycles. The SMILES string of the molecule is Oc1ccc(O)n1-c1ccc(-n2nc3c(-c4ccc(N(c5ccccc5)c5ccccc5)cc4)ccc(-c4ccc(N(c5ccccc5)c5ccccc5)cc4)c3n2)cc1. The molecule has 0 unspecified atom stereocenters. The number of rotatable bonds is 10. The number of hydrogen-bond acceptors (Lipinski definition) is 6. The summed E-state index contributed by atoms with van der Waals surface area (Å²) in [5, 5.41) is 30.9. The van der Waals surface area contributed by atoms with E-state index in [1.54, 1.807) is 4.80 Å². The van der Waals surface area contributed by atoms with E-state index in [1.807, 2.05) is 48.5 Å². The van der Waals surface area contributed by atoms with Crippen LogP contribution in [-0.2, 0) is 0 Å². The molecule has 0 saturated carbocycles. The van der Waals surface area contributed by atoms with Crippen molar-refractivity contribution < 1.29 is 10.2 Å². The summed E-state index contributed by atoms with van der Waals surface area (Å²) >= 11 is 0. The Morgan fingerprint density at radius 3 is 0.983 bits per heavy atom. The highest BCUT2D eigenvalue weighted by molar-refractivity contribution is 6.01. The first-order valence-corrected chi connectivity index (χ1v) is 19.7. The topological polar surface area (TPSA) is 82.6 Å². The first-order valence-electron chi connectivity index (χ1n) is 19.7. The number of benzene rings is 8. The van der Waals surface area contributed by atoms with Gasteiger partial charge in [0.2, 0.25) is 0 Å². The summed E-state index contributed by atoms with van der Waals surface area (Å²) in [5.74, 6) is -0.110. The molecule has 0 atom stereocenters. The molecule has 0 aliphatic heterocycles. The van der Waals surface area contributed by atoms with Crippen molar-refractivity contribution in [3.05, 3.63) is 218 Å². The third-order valence-corrected chi connectivity index (χ3v) is 10.6. The zero-order valence-corrected chi connectivity index (χ0v) is 32.4. The van der Waals surface area contributed by atoms with Gasteiger partial charge >= 0.3 is 0 Å². The number of hydrogen-bond donors (Lipinski definition) is 2. The van der Waals surface area contributed by atoms with Crippen LogP contribution in [0.4, 0.5) is 34.1 Å². The average molecular weight is 779 g/mol. The van der Waals surface area contributed by atoms with Gasteiger partial charge < -0.3 is 20.0 Å². The first-order chi connectivity index (χ1) is 29.6. The van der Waals surface area contributed by atoms with Gasteiger partial charge in [0.15, 0.2) is 11.8 Å². The van der Waals surface area contributed by atoms with Crippen molar-refractivity contribution in [1.29, 1.82) is 0 Å². The van der Waals surface area contributed by atoms with Crippen LogP contribution in [0.25, 0.3) is 44.7 Å². The molecule has 10 rings (SSSR count). The minimum absolute atomic E-state index is 0.0548. The third-order valence-electron chi connectivity index (χ3n) is 10.6. The minimum Gasteiger partial charge on any atom is -0.494 e. The van der Waals surface area contributed by atoms with Gasteiger partial charge in [-0.1, -0.05) is 109 Å².